The van der Waals surface area contributed by atoms with Crippen LogP contribution in [0, 0.1) is 18.3 Å². The van der Waals surface area contributed by atoms with Crippen molar-refractivity contribution in [1.29, 1.82) is 5.26 Å². The summed E-state index contributed by atoms with van der Waals surface area (Å²) in [5.41, 5.74) is 4.46. The lowest BCUT2D eigenvalue weighted by Gasteiger charge is -2.09. The van der Waals surface area contributed by atoms with Gasteiger partial charge in [-0.1, -0.05) is 6.07 Å². The molecule has 1 aromatic carbocycles. The van der Waals surface area contributed by atoms with E-state index in [1.165, 1.54) is 0 Å². The van der Waals surface area contributed by atoms with Gasteiger partial charge in [0, 0.05) is 11.3 Å². The van der Waals surface area contributed by atoms with E-state index < -0.39 is 0 Å². The van der Waals surface area contributed by atoms with Gasteiger partial charge in [-0.15, -0.1) is 0 Å². The van der Waals surface area contributed by atoms with E-state index in [1.807, 2.05) is 47.7 Å². The van der Waals surface area contributed by atoms with Crippen LogP contribution in [0.2, 0.25) is 0 Å². The minimum absolute atomic E-state index is 0.287. The number of imidazole rings is 1. The highest BCUT2D eigenvalue weighted by Gasteiger charge is 2.16. The van der Waals surface area contributed by atoms with Gasteiger partial charge in [0.1, 0.15) is 5.65 Å². The largest absolute Gasteiger partial charge is 0.493 e. The molecule has 5 heteroatoms. The first-order valence-corrected chi connectivity index (χ1v) is 7.26. The van der Waals surface area contributed by atoms with Gasteiger partial charge in [0.25, 0.3) is 0 Å². The summed E-state index contributed by atoms with van der Waals surface area (Å²) in [4.78, 5) is 4.71. The van der Waals surface area contributed by atoms with Gasteiger partial charge in [-0.25, -0.2) is 4.98 Å². The molecular weight excluding hydrogens is 290 g/mol. The van der Waals surface area contributed by atoms with Crippen LogP contribution in [0.25, 0.3) is 16.9 Å². The van der Waals surface area contributed by atoms with Crippen molar-refractivity contribution in [2.24, 2.45) is 0 Å². The molecule has 0 spiro atoms. The highest BCUT2D eigenvalue weighted by molar-refractivity contribution is 5.70. The number of rotatable bonds is 4. The minimum Gasteiger partial charge on any atom is -0.493 e. The third kappa shape index (κ3) is 2.49. The Morgan fingerprint density at radius 1 is 1.13 bits per heavy atom. The molecule has 116 valence electrons. The molecule has 0 atom stereocenters. The number of methoxy groups -OCH3 is 2. The van der Waals surface area contributed by atoms with Gasteiger partial charge in [-0.2, -0.15) is 5.26 Å². The lowest BCUT2D eigenvalue weighted by Crippen LogP contribution is -1.97. The van der Waals surface area contributed by atoms with Gasteiger partial charge in [-0.3, -0.25) is 4.40 Å². The monoisotopic (exact) mass is 307 g/mol. The van der Waals surface area contributed by atoms with Crippen molar-refractivity contribution in [3.8, 4) is 28.8 Å². The Morgan fingerprint density at radius 3 is 2.61 bits per heavy atom. The van der Waals surface area contributed by atoms with Crippen molar-refractivity contribution in [2.45, 2.75) is 13.3 Å². The number of fused-ring (bicyclic) bond motifs is 1. The van der Waals surface area contributed by atoms with Crippen LogP contribution in [0.15, 0.2) is 36.4 Å². The smallest absolute Gasteiger partial charge is 0.161 e. The van der Waals surface area contributed by atoms with Crippen LogP contribution in [-0.2, 0) is 6.42 Å². The van der Waals surface area contributed by atoms with Crippen LogP contribution < -0.4 is 9.47 Å². The molecule has 0 saturated heterocycles. The third-order valence-electron chi connectivity index (χ3n) is 3.84. The Bertz CT molecular complexity index is 907. The number of nitriles is 1. The number of hydrogen-bond acceptors (Lipinski definition) is 4. The molecule has 0 aliphatic carbocycles. The second-order valence-electron chi connectivity index (χ2n) is 5.17. The first kappa shape index (κ1) is 14.9. The zero-order chi connectivity index (χ0) is 16.4. The molecule has 3 rings (SSSR count). The summed E-state index contributed by atoms with van der Waals surface area (Å²) in [6.45, 7) is 2.01. The standard InChI is InChI=1S/C18H17N3O2/c1-12-5-4-6-17-20-18(14(9-10-19)21(12)17)13-7-8-15(22-2)16(11-13)23-3/h4-8,11H,9H2,1-3H3. The Hall–Kier alpha value is -3.00. The van der Waals surface area contributed by atoms with E-state index in [4.69, 9.17) is 14.5 Å². The van der Waals surface area contributed by atoms with Crippen LogP contribution in [0.4, 0.5) is 0 Å². The number of nitrogens with zero attached hydrogens (tertiary/aromatic N) is 3. The average molecular weight is 307 g/mol. The number of pyridine rings is 1. The van der Waals surface area contributed by atoms with Crippen molar-refractivity contribution in [3.05, 3.63) is 47.8 Å². The zero-order valence-corrected chi connectivity index (χ0v) is 13.3. The quantitative estimate of drug-likeness (QED) is 0.741. The Morgan fingerprint density at radius 2 is 1.91 bits per heavy atom. The molecule has 0 aliphatic heterocycles. The number of ether oxygens (including phenoxy) is 2. The molecule has 2 aromatic heterocycles. The second-order valence-corrected chi connectivity index (χ2v) is 5.17. The highest BCUT2D eigenvalue weighted by Crippen LogP contribution is 2.34. The normalized spacial score (nSPS) is 10.5. The van der Waals surface area contributed by atoms with Crippen LogP contribution in [0.1, 0.15) is 11.4 Å². The maximum atomic E-state index is 9.21. The Kier molecular flexibility index (Phi) is 3.90. The van der Waals surface area contributed by atoms with E-state index in [0.29, 0.717) is 11.5 Å². The molecule has 0 bridgehead atoms. The lowest BCUT2D eigenvalue weighted by molar-refractivity contribution is 0.355. The van der Waals surface area contributed by atoms with E-state index in [1.54, 1.807) is 14.2 Å². The highest BCUT2D eigenvalue weighted by atomic mass is 16.5. The van der Waals surface area contributed by atoms with Crippen LogP contribution >= 0.6 is 0 Å². The fraction of sp³-hybridized carbons (Fsp3) is 0.222. The maximum Gasteiger partial charge on any atom is 0.161 e. The summed E-state index contributed by atoms with van der Waals surface area (Å²) in [6, 6.07) is 13.8. The minimum atomic E-state index is 0.287. The predicted molar refractivity (Wildman–Crippen MR) is 87.8 cm³/mol. The molecule has 2 heterocycles. The van der Waals surface area contributed by atoms with Crippen molar-refractivity contribution >= 4 is 5.65 Å². The summed E-state index contributed by atoms with van der Waals surface area (Å²) in [5, 5.41) is 9.21. The molecule has 0 aliphatic rings. The molecule has 0 radical (unpaired) electrons. The van der Waals surface area contributed by atoms with Crippen molar-refractivity contribution in [1.82, 2.24) is 9.38 Å². The fourth-order valence-corrected chi connectivity index (χ4v) is 2.78. The van der Waals surface area contributed by atoms with E-state index >= 15 is 0 Å². The van der Waals surface area contributed by atoms with Gasteiger partial charge in [0.05, 0.1) is 38.1 Å². The summed E-state index contributed by atoms with van der Waals surface area (Å²) in [5.74, 6) is 1.31. The average Bonchev–Trinajstić information content (AvgIpc) is 2.94. The van der Waals surface area contributed by atoms with Crippen molar-refractivity contribution < 1.29 is 9.47 Å². The molecule has 0 saturated carbocycles. The Labute approximate surface area is 134 Å². The second kappa shape index (κ2) is 6.01. The van der Waals surface area contributed by atoms with Gasteiger partial charge >= 0.3 is 0 Å². The topological polar surface area (TPSA) is 59.5 Å². The van der Waals surface area contributed by atoms with E-state index in [9.17, 15) is 5.26 Å². The predicted octanol–water partition coefficient (Wildman–Crippen LogP) is 3.39. The third-order valence-corrected chi connectivity index (χ3v) is 3.84. The van der Waals surface area contributed by atoms with Crippen molar-refractivity contribution in [3.63, 3.8) is 0 Å². The van der Waals surface area contributed by atoms with Crippen LogP contribution in [-0.4, -0.2) is 23.6 Å². The SMILES string of the molecule is COc1ccc(-c2nc3cccc(C)n3c2CC#N)cc1OC. The Balaban J connectivity index is 2.26. The number of aryl methyl sites for hydroxylation is 1. The van der Waals surface area contributed by atoms with E-state index in [-0.39, 0.29) is 6.42 Å². The van der Waals surface area contributed by atoms with Gasteiger partial charge in [-0.05, 0) is 37.3 Å². The summed E-state index contributed by atoms with van der Waals surface area (Å²) in [7, 11) is 3.21. The van der Waals surface area contributed by atoms with Gasteiger partial charge in [0.15, 0.2) is 11.5 Å². The molecule has 0 N–H and O–H groups in total. The molecule has 5 nitrogen and oxygen atoms in total. The number of aromatic nitrogens is 2. The van der Waals surface area contributed by atoms with E-state index in [2.05, 4.69) is 6.07 Å². The zero-order valence-electron chi connectivity index (χ0n) is 13.3. The van der Waals surface area contributed by atoms with Gasteiger partial charge in [0.2, 0.25) is 0 Å². The molecule has 0 unspecified atom stereocenters. The fourth-order valence-electron chi connectivity index (χ4n) is 2.78. The van der Waals surface area contributed by atoms with Crippen LogP contribution in [0.5, 0.6) is 11.5 Å². The molecule has 0 fully saturated rings. The molecule has 3 aromatic rings. The number of benzene rings is 1. The van der Waals surface area contributed by atoms with Crippen molar-refractivity contribution in [2.75, 3.05) is 14.2 Å². The van der Waals surface area contributed by atoms with E-state index in [0.717, 1.165) is 28.3 Å². The molecular formula is C18H17N3O2. The number of hydrogen-bond donors (Lipinski definition) is 0. The summed E-state index contributed by atoms with van der Waals surface area (Å²) in [6.07, 6.45) is 0.287. The maximum absolute atomic E-state index is 9.21. The summed E-state index contributed by atoms with van der Waals surface area (Å²) < 4.78 is 12.7. The lowest BCUT2D eigenvalue weighted by atomic mass is 10.1. The molecule has 23 heavy (non-hydrogen) atoms. The summed E-state index contributed by atoms with van der Waals surface area (Å²) >= 11 is 0. The first-order chi connectivity index (χ1) is 11.2. The van der Waals surface area contributed by atoms with Gasteiger partial charge < -0.3 is 9.47 Å². The molecule has 0 amide bonds. The van der Waals surface area contributed by atoms with Crippen LogP contribution in [0.3, 0.4) is 0 Å². The first-order valence-electron chi connectivity index (χ1n) is 7.26.